The van der Waals surface area contributed by atoms with Crippen LogP contribution < -0.4 is 5.48 Å². The van der Waals surface area contributed by atoms with Crippen molar-refractivity contribution in [2.75, 3.05) is 19.6 Å². The predicted octanol–water partition coefficient (Wildman–Crippen LogP) is 3.10. The van der Waals surface area contributed by atoms with Crippen LogP contribution in [0.3, 0.4) is 0 Å². The fraction of sp³-hybridized carbons (Fsp3) is 0.318. The maximum atomic E-state index is 13.5. The minimum Gasteiger partial charge on any atom is -0.334 e. The van der Waals surface area contributed by atoms with E-state index < -0.39 is 20.5 Å². The molecule has 1 aliphatic heterocycles. The van der Waals surface area contributed by atoms with Gasteiger partial charge in [-0.25, -0.2) is 18.3 Å². The number of nitrogens with zero attached hydrogens (tertiary/aromatic N) is 3. The highest BCUT2D eigenvalue weighted by molar-refractivity contribution is 7.93. The lowest BCUT2D eigenvalue weighted by atomic mass is 9.95. The fourth-order valence-electron chi connectivity index (χ4n) is 4.01. The van der Waals surface area contributed by atoms with Crippen LogP contribution in [0.1, 0.15) is 19.8 Å². The third kappa shape index (κ3) is 4.56. The first-order chi connectivity index (χ1) is 15.8. The number of hydrogen-bond acceptors (Lipinski definition) is 8. The Morgan fingerprint density at radius 1 is 1.12 bits per heavy atom. The van der Waals surface area contributed by atoms with Crippen LogP contribution in [-0.4, -0.2) is 59.0 Å². The summed E-state index contributed by atoms with van der Waals surface area (Å²) in [6.07, 6.45) is 0.145. The van der Waals surface area contributed by atoms with Crippen LogP contribution in [0, 0.1) is 5.82 Å². The first-order valence-corrected chi connectivity index (χ1v) is 11.9. The molecule has 1 aliphatic rings. The molecule has 0 unspecified atom stereocenters. The lowest BCUT2D eigenvalue weighted by Crippen LogP contribution is -2.57. The van der Waals surface area contributed by atoms with Gasteiger partial charge in [-0.3, -0.25) is 10.0 Å². The van der Waals surface area contributed by atoms with Gasteiger partial charge in [0, 0.05) is 24.2 Å². The first kappa shape index (κ1) is 25.8. The number of carbonyl (C=O) groups is 1. The number of amides is 1. The van der Waals surface area contributed by atoms with Crippen molar-refractivity contribution in [3.05, 3.63) is 54.3 Å². The van der Waals surface area contributed by atoms with Gasteiger partial charge >= 0.3 is 0 Å². The summed E-state index contributed by atoms with van der Waals surface area (Å²) in [5.74, 6) is -0.881. The molecule has 1 aromatic heterocycles. The molecule has 2 heterocycles. The van der Waals surface area contributed by atoms with Crippen LogP contribution >= 0.6 is 12.4 Å². The van der Waals surface area contributed by atoms with Crippen LogP contribution in [0.4, 0.5) is 4.39 Å². The minimum absolute atomic E-state index is 0. The lowest BCUT2D eigenvalue weighted by Gasteiger charge is -2.39. The van der Waals surface area contributed by atoms with Crippen molar-refractivity contribution in [2.24, 2.45) is 0 Å². The van der Waals surface area contributed by atoms with E-state index in [2.05, 4.69) is 15.0 Å². The van der Waals surface area contributed by atoms with E-state index in [4.69, 9.17) is 4.52 Å². The zero-order chi connectivity index (χ0) is 23.6. The molecule has 3 aromatic rings. The summed E-state index contributed by atoms with van der Waals surface area (Å²) < 4.78 is 43.6. The van der Waals surface area contributed by atoms with Crippen LogP contribution in [0.15, 0.2) is 57.9 Å². The Labute approximate surface area is 202 Å². The van der Waals surface area contributed by atoms with E-state index in [1.807, 2.05) is 6.92 Å². The standard InChI is InChI=1S/C22H23FN4O5S.ClH/c1-2-27-13-11-22(12-14-27,21(28)25-29)33(30,31)18-9-5-15(6-10-18)19-24-20(32-26-19)16-3-7-17(23)8-4-16;/h3-10,29H,2,11-14H2,1H3,(H,25,28);1H. The Balaban J connectivity index is 0.00000324. The zero-order valence-electron chi connectivity index (χ0n) is 18.3. The predicted molar refractivity (Wildman–Crippen MR) is 124 cm³/mol. The molecular formula is C22H24ClFN4O5S. The zero-order valence-corrected chi connectivity index (χ0v) is 19.9. The third-order valence-electron chi connectivity index (χ3n) is 6.08. The van der Waals surface area contributed by atoms with Crippen molar-refractivity contribution < 1.29 is 27.3 Å². The summed E-state index contributed by atoms with van der Waals surface area (Å²) in [5.41, 5.74) is 2.60. The topological polar surface area (TPSA) is 126 Å². The molecule has 0 bridgehead atoms. The second-order valence-corrected chi connectivity index (χ2v) is 10.1. The monoisotopic (exact) mass is 510 g/mol. The van der Waals surface area contributed by atoms with Gasteiger partial charge in [0.1, 0.15) is 5.82 Å². The maximum absolute atomic E-state index is 13.5. The van der Waals surface area contributed by atoms with Crippen molar-refractivity contribution in [1.29, 1.82) is 0 Å². The van der Waals surface area contributed by atoms with Crippen molar-refractivity contribution in [3.8, 4) is 22.8 Å². The molecular weight excluding hydrogens is 487 g/mol. The molecule has 0 radical (unpaired) electrons. The Hall–Kier alpha value is -2.86. The summed E-state index contributed by atoms with van der Waals surface area (Å²) in [6, 6.07) is 11.4. The number of piperidine rings is 1. The van der Waals surface area contributed by atoms with Gasteiger partial charge in [0.15, 0.2) is 14.6 Å². The van der Waals surface area contributed by atoms with Crippen LogP contribution in [-0.2, 0) is 14.6 Å². The highest BCUT2D eigenvalue weighted by Crippen LogP contribution is 2.36. The number of carbonyl (C=O) groups excluding carboxylic acids is 1. The molecule has 0 atom stereocenters. The number of nitrogens with one attached hydrogen (secondary N) is 1. The molecule has 2 N–H and O–H groups in total. The van der Waals surface area contributed by atoms with Gasteiger partial charge in [-0.2, -0.15) is 4.98 Å². The molecule has 12 heteroatoms. The van der Waals surface area contributed by atoms with Crippen molar-refractivity contribution in [1.82, 2.24) is 20.5 Å². The van der Waals surface area contributed by atoms with Gasteiger partial charge in [0.05, 0.1) is 4.90 Å². The number of halogens is 2. The lowest BCUT2D eigenvalue weighted by molar-refractivity contribution is -0.133. The largest absolute Gasteiger partial charge is 0.334 e. The van der Waals surface area contributed by atoms with Crippen LogP contribution in [0.2, 0.25) is 0 Å². The number of likely N-dealkylation sites (tertiary alicyclic amines) is 1. The Kier molecular flexibility index (Phi) is 7.71. The summed E-state index contributed by atoms with van der Waals surface area (Å²) >= 11 is 0. The summed E-state index contributed by atoms with van der Waals surface area (Å²) in [4.78, 5) is 18.8. The quantitative estimate of drug-likeness (QED) is 0.383. The fourth-order valence-corrected chi connectivity index (χ4v) is 5.96. The van der Waals surface area contributed by atoms with Gasteiger partial charge in [-0.05, 0) is 67.9 Å². The molecule has 34 heavy (non-hydrogen) atoms. The van der Waals surface area contributed by atoms with Crippen molar-refractivity contribution >= 4 is 28.2 Å². The van der Waals surface area contributed by atoms with Gasteiger partial charge in [0.25, 0.3) is 11.8 Å². The van der Waals surface area contributed by atoms with E-state index >= 15 is 0 Å². The summed E-state index contributed by atoms with van der Waals surface area (Å²) in [7, 11) is -4.11. The van der Waals surface area contributed by atoms with E-state index in [-0.39, 0.29) is 47.7 Å². The summed E-state index contributed by atoms with van der Waals surface area (Å²) in [5, 5.41) is 13.2. The number of rotatable bonds is 6. The van der Waals surface area contributed by atoms with Crippen LogP contribution in [0.25, 0.3) is 22.8 Å². The van der Waals surface area contributed by atoms with Gasteiger partial charge in [-0.1, -0.05) is 12.1 Å². The number of benzene rings is 2. The Morgan fingerprint density at radius 2 is 1.71 bits per heavy atom. The Morgan fingerprint density at radius 3 is 2.26 bits per heavy atom. The number of aromatic nitrogens is 2. The molecule has 9 nitrogen and oxygen atoms in total. The maximum Gasteiger partial charge on any atom is 0.265 e. The molecule has 1 amide bonds. The summed E-state index contributed by atoms with van der Waals surface area (Å²) in [6.45, 7) is 3.56. The molecule has 2 aromatic carbocycles. The molecule has 1 fully saturated rings. The highest BCUT2D eigenvalue weighted by atomic mass is 35.5. The first-order valence-electron chi connectivity index (χ1n) is 10.4. The number of sulfone groups is 1. The SMILES string of the molecule is CCN1CCC(C(=O)NO)(S(=O)(=O)c2ccc(-c3noc(-c4ccc(F)cc4)n3)cc2)CC1.Cl. The Bertz CT molecular complexity index is 1240. The normalized spacial score (nSPS) is 16.0. The minimum atomic E-state index is -4.11. The smallest absolute Gasteiger partial charge is 0.265 e. The van der Waals surface area contributed by atoms with E-state index in [0.29, 0.717) is 24.2 Å². The molecule has 0 aliphatic carbocycles. The third-order valence-corrected chi connectivity index (χ3v) is 8.60. The van der Waals surface area contributed by atoms with E-state index in [1.165, 1.54) is 48.5 Å². The highest BCUT2D eigenvalue weighted by Gasteiger charge is 2.52. The van der Waals surface area contributed by atoms with Crippen molar-refractivity contribution in [2.45, 2.75) is 29.4 Å². The van der Waals surface area contributed by atoms with Crippen LogP contribution in [0.5, 0.6) is 0 Å². The van der Waals surface area contributed by atoms with E-state index in [0.717, 1.165) is 6.54 Å². The van der Waals surface area contributed by atoms with Gasteiger partial charge in [-0.15, -0.1) is 12.4 Å². The molecule has 182 valence electrons. The van der Waals surface area contributed by atoms with Gasteiger partial charge < -0.3 is 9.42 Å². The van der Waals surface area contributed by atoms with Crippen molar-refractivity contribution in [3.63, 3.8) is 0 Å². The molecule has 0 spiro atoms. The molecule has 4 rings (SSSR count). The van der Waals surface area contributed by atoms with Gasteiger partial charge in [0.2, 0.25) is 5.82 Å². The van der Waals surface area contributed by atoms with E-state index in [1.54, 1.807) is 5.48 Å². The molecule has 1 saturated heterocycles. The second kappa shape index (κ2) is 10.2. The average molecular weight is 511 g/mol. The number of hydrogen-bond donors (Lipinski definition) is 2. The molecule has 0 saturated carbocycles. The average Bonchev–Trinajstić information content (AvgIpc) is 3.34. The number of hydroxylamine groups is 1. The van der Waals surface area contributed by atoms with E-state index in [9.17, 15) is 22.8 Å². The second-order valence-electron chi connectivity index (χ2n) is 7.83.